The summed E-state index contributed by atoms with van der Waals surface area (Å²) in [6.45, 7) is 6.51. The van der Waals surface area contributed by atoms with E-state index in [1.807, 2.05) is 24.3 Å². The number of para-hydroxylation sites is 2. The molecule has 25 heavy (non-hydrogen) atoms. The summed E-state index contributed by atoms with van der Waals surface area (Å²) in [5.41, 5.74) is 0.669. The minimum absolute atomic E-state index is 0.409. The summed E-state index contributed by atoms with van der Waals surface area (Å²) < 4.78 is 12.2. The van der Waals surface area contributed by atoms with Crippen molar-refractivity contribution < 1.29 is 18.8 Å². The van der Waals surface area contributed by atoms with Gasteiger partial charge in [-0.15, -0.1) is 0 Å². The lowest BCUT2D eigenvalue weighted by Crippen LogP contribution is -2.49. The van der Waals surface area contributed by atoms with Gasteiger partial charge in [0, 0.05) is 0 Å². The first-order valence-electron chi connectivity index (χ1n) is 9.62. The van der Waals surface area contributed by atoms with Gasteiger partial charge < -0.3 is 14.0 Å². The van der Waals surface area contributed by atoms with Gasteiger partial charge >= 0.3 is 6.09 Å². The van der Waals surface area contributed by atoms with Gasteiger partial charge in [-0.3, -0.25) is 5.32 Å². The van der Waals surface area contributed by atoms with Crippen LogP contribution in [0.5, 0.6) is 5.75 Å². The van der Waals surface area contributed by atoms with Gasteiger partial charge in [-0.2, -0.15) is 0 Å². The zero-order chi connectivity index (χ0) is 18.0. The molecule has 0 unspecified atom stereocenters. The maximum atomic E-state index is 12.1. The van der Waals surface area contributed by atoms with Crippen LogP contribution in [-0.2, 0) is 4.74 Å². The Kier molecular flexibility index (Phi) is 8.06. The van der Waals surface area contributed by atoms with Gasteiger partial charge in [0.15, 0.2) is 0 Å². The highest BCUT2D eigenvalue weighted by molar-refractivity contribution is 5.86. The molecule has 1 amide bonds. The highest BCUT2D eigenvalue weighted by Gasteiger charge is 2.24. The van der Waals surface area contributed by atoms with Crippen LogP contribution in [0.2, 0.25) is 0 Å². The monoisotopic (exact) mass is 349 g/mol. The van der Waals surface area contributed by atoms with Crippen molar-refractivity contribution in [3.63, 3.8) is 0 Å². The van der Waals surface area contributed by atoms with Gasteiger partial charge in [-0.05, 0) is 37.8 Å². The molecule has 2 rings (SSSR count). The predicted octanol–water partition coefficient (Wildman–Crippen LogP) is 4.43. The van der Waals surface area contributed by atoms with Gasteiger partial charge in [0.2, 0.25) is 0 Å². The average Bonchev–Trinajstić information content (AvgIpc) is 2.60. The number of carbonyl (C=O) groups is 1. The minimum Gasteiger partial charge on any atom is -0.491 e. The largest absolute Gasteiger partial charge is 0.491 e. The van der Waals surface area contributed by atoms with E-state index in [0.717, 1.165) is 30.3 Å². The molecule has 0 atom stereocenters. The third-order valence-electron chi connectivity index (χ3n) is 4.89. The number of quaternary nitrogens is 1. The van der Waals surface area contributed by atoms with Crippen LogP contribution in [0.4, 0.5) is 10.5 Å². The number of carbonyl (C=O) groups excluding carboxylic acids is 1. The predicted molar refractivity (Wildman–Crippen MR) is 101 cm³/mol. The first-order valence-corrected chi connectivity index (χ1v) is 9.62. The molecule has 5 heteroatoms. The van der Waals surface area contributed by atoms with Crippen LogP contribution in [0.25, 0.3) is 0 Å². The zero-order valence-corrected chi connectivity index (χ0v) is 15.8. The summed E-state index contributed by atoms with van der Waals surface area (Å²) in [5, 5.41) is 2.81. The molecule has 5 nitrogen and oxygen atoms in total. The summed E-state index contributed by atoms with van der Waals surface area (Å²) in [6.07, 6.45) is 6.78. The number of rotatable bonds is 9. The van der Waals surface area contributed by atoms with E-state index < -0.39 is 6.09 Å². The number of benzene rings is 1. The fourth-order valence-corrected chi connectivity index (χ4v) is 3.23. The summed E-state index contributed by atoms with van der Waals surface area (Å²) in [5.74, 6) is 0.700. The first-order chi connectivity index (χ1) is 12.1. The molecule has 1 aliphatic heterocycles. The van der Waals surface area contributed by atoms with Crippen molar-refractivity contribution in [3.05, 3.63) is 24.3 Å². The van der Waals surface area contributed by atoms with Crippen molar-refractivity contribution >= 4 is 11.8 Å². The van der Waals surface area contributed by atoms with Crippen molar-refractivity contribution in [1.29, 1.82) is 0 Å². The fraction of sp³-hybridized carbons (Fsp3) is 0.650. The molecule has 1 heterocycles. The third kappa shape index (κ3) is 6.94. The lowest BCUT2D eigenvalue weighted by atomic mass is 10.1. The van der Waals surface area contributed by atoms with Crippen molar-refractivity contribution in [1.82, 2.24) is 0 Å². The van der Waals surface area contributed by atoms with Crippen LogP contribution in [0, 0.1) is 0 Å². The summed E-state index contributed by atoms with van der Waals surface area (Å²) >= 11 is 0. The topological polar surface area (TPSA) is 47.6 Å². The average molecular weight is 349 g/mol. The Morgan fingerprint density at radius 1 is 1.12 bits per heavy atom. The summed E-state index contributed by atoms with van der Waals surface area (Å²) in [7, 11) is 2.25. The van der Waals surface area contributed by atoms with Gasteiger partial charge in [-0.1, -0.05) is 31.9 Å². The lowest BCUT2D eigenvalue weighted by Gasteiger charge is -2.37. The number of likely N-dealkylation sites (N-methyl/N-ethyl adjacent to an activating group) is 1. The molecule has 0 radical (unpaired) electrons. The fourth-order valence-electron chi connectivity index (χ4n) is 3.23. The third-order valence-corrected chi connectivity index (χ3v) is 4.89. The zero-order valence-electron chi connectivity index (χ0n) is 15.8. The number of amides is 1. The Morgan fingerprint density at radius 3 is 2.64 bits per heavy atom. The Hall–Kier alpha value is -1.75. The van der Waals surface area contributed by atoms with E-state index in [0.29, 0.717) is 24.7 Å². The molecule has 1 aliphatic rings. The molecule has 0 saturated carbocycles. The highest BCUT2D eigenvalue weighted by atomic mass is 16.5. The van der Waals surface area contributed by atoms with Crippen LogP contribution in [0.3, 0.4) is 0 Å². The SMILES string of the molecule is CCCCCOc1ccccc1NC(=O)OCC[N+]1(C)CCCCC1. The molecule has 0 bridgehead atoms. The number of hydrogen-bond acceptors (Lipinski definition) is 3. The van der Waals surface area contributed by atoms with Gasteiger partial charge in [0.25, 0.3) is 0 Å². The number of nitrogens with zero attached hydrogens (tertiary/aromatic N) is 1. The van der Waals surface area contributed by atoms with E-state index in [1.165, 1.54) is 32.4 Å². The smallest absolute Gasteiger partial charge is 0.411 e. The van der Waals surface area contributed by atoms with Crippen molar-refractivity contribution in [3.8, 4) is 5.75 Å². The van der Waals surface area contributed by atoms with E-state index in [2.05, 4.69) is 19.3 Å². The van der Waals surface area contributed by atoms with E-state index in [4.69, 9.17) is 9.47 Å². The molecule has 0 spiro atoms. The first kappa shape index (κ1) is 19.6. The Balaban J connectivity index is 1.76. The number of anilines is 1. The van der Waals surface area contributed by atoms with Crippen LogP contribution in [0.15, 0.2) is 24.3 Å². The lowest BCUT2D eigenvalue weighted by molar-refractivity contribution is -0.914. The van der Waals surface area contributed by atoms with Crippen LogP contribution in [0.1, 0.15) is 45.4 Å². The summed E-state index contributed by atoms with van der Waals surface area (Å²) in [6, 6.07) is 7.51. The molecule has 0 aliphatic carbocycles. The number of piperidine rings is 1. The molecule has 1 N–H and O–H groups in total. The Labute approximate surface area is 151 Å². The Morgan fingerprint density at radius 2 is 1.88 bits per heavy atom. The standard InChI is InChI=1S/C20H32N2O3/c1-3-4-10-16-24-19-12-7-6-11-18(19)21-20(23)25-17-15-22(2)13-8-5-9-14-22/h6-7,11-12H,3-5,8-10,13-17H2,1-2H3/p+1. The molecular formula is C20H33N2O3+. The number of hydrogen-bond donors (Lipinski definition) is 1. The molecule has 1 fully saturated rings. The van der Waals surface area contributed by atoms with Crippen LogP contribution < -0.4 is 10.1 Å². The van der Waals surface area contributed by atoms with Gasteiger partial charge in [-0.25, -0.2) is 4.79 Å². The van der Waals surface area contributed by atoms with Crippen molar-refractivity contribution in [2.45, 2.75) is 45.4 Å². The van der Waals surface area contributed by atoms with Crippen LogP contribution in [-0.4, -0.2) is 50.5 Å². The van der Waals surface area contributed by atoms with E-state index in [1.54, 1.807) is 0 Å². The number of ether oxygens (including phenoxy) is 2. The maximum absolute atomic E-state index is 12.1. The van der Waals surface area contributed by atoms with Crippen molar-refractivity contribution in [2.24, 2.45) is 0 Å². The highest BCUT2D eigenvalue weighted by Crippen LogP contribution is 2.24. The molecule has 1 aromatic rings. The van der Waals surface area contributed by atoms with E-state index in [-0.39, 0.29) is 0 Å². The molecule has 1 saturated heterocycles. The molecule has 140 valence electrons. The van der Waals surface area contributed by atoms with Crippen LogP contribution >= 0.6 is 0 Å². The quantitative estimate of drug-likeness (QED) is 0.530. The normalized spacial score (nSPS) is 16.2. The van der Waals surface area contributed by atoms with Gasteiger partial charge in [0.1, 0.15) is 18.9 Å². The summed E-state index contributed by atoms with van der Waals surface area (Å²) in [4.78, 5) is 12.1. The molecule has 0 aromatic heterocycles. The van der Waals surface area contributed by atoms with E-state index >= 15 is 0 Å². The second-order valence-corrected chi connectivity index (χ2v) is 7.16. The Bertz CT molecular complexity index is 527. The number of likely N-dealkylation sites (tertiary alicyclic amines) is 1. The minimum atomic E-state index is -0.409. The second-order valence-electron chi connectivity index (χ2n) is 7.16. The molecular weight excluding hydrogens is 316 g/mol. The number of nitrogens with one attached hydrogen (secondary N) is 1. The maximum Gasteiger partial charge on any atom is 0.411 e. The van der Waals surface area contributed by atoms with E-state index in [9.17, 15) is 4.79 Å². The van der Waals surface area contributed by atoms with Crippen molar-refractivity contribution in [2.75, 3.05) is 45.2 Å². The number of unbranched alkanes of at least 4 members (excludes halogenated alkanes) is 2. The second kappa shape index (κ2) is 10.3. The van der Waals surface area contributed by atoms with Gasteiger partial charge in [0.05, 0.1) is 32.4 Å². The molecule has 1 aromatic carbocycles.